The Labute approximate surface area is 411 Å². The van der Waals surface area contributed by atoms with Crippen LogP contribution in [0.2, 0.25) is 0 Å². The van der Waals surface area contributed by atoms with Crippen LogP contribution in [0.15, 0.2) is 98.7 Å². The molecule has 0 fully saturated rings. The zero-order valence-corrected chi connectivity index (χ0v) is 39.0. The van der Waals surface area contributed by atoms with Gasteiger partial charge in [0, 0.05) is 61.8 Å². The summed E-state index contributed by atoms with van der Waals surface area (Å²) in [7, 11) is 3.07. The Morgan fingerprint density at radius 3 is 1.64 bits per heavy atom. The molecule has 0 spiro atoms. The van der Waals surface area contributed by atoms with Crippen molar-refractivity contribution in [2.45, 2.75) is 57.4 Å². The molecule has 0 radical (unpaired) electrons. The number of alkyl halides is 7. The van der Waals surface area contributed by atoms with Gasteiger partial charge in [-0.15, -0.1) is 11.6 Å². The average molecular weight is 1030 g/mol. The number of hydrogen-bond acceptors (Lipinski definition) is 12. The summed E-state index contributed by atoms with van der Waals surface area (Å²) < 4.78 is 81.1. The fraction of sp³-hybridized carbons (Fsp3) is 0.244. The molecule has 1 aliphatic rings. The van der Waals surface area contributed by atoms with Gasteiger partial charge in [-0.1, -0.05) is 18.2 Å². The van der Waals surface area contributed by atoms with Crippen LogP contribution in [-0.4, -0.2) is 69.9 Å². The molecule has 7 aromatic rings. The molecule has 0 aliphatic heterocycles. The van der Waals surface area contributed by atoms with Gasteiger partial charge in [0.1, 0.15) is 28.6 Å². The van der Waals surface area contributed by atoms with Crippen LogP contribution in [0.5, 0.6) is 0 Å². The number of allylic oxidation sites excluding steroid dienone is 1. The van der Waals surface area contributed by atoms with Crippen LogP contribution in [0.4, 0.5) is 38.0 Å². The van der Waals surface area contributed by atoms with Gasteiger partial charge in [0.2, 0.25) is 23.5 Å². The number of nitrogens with zero attached hydrogens (tertiary/aromatic N) is 13. The number of aryl methyl sites for hydroxylation is 1. The van der Waals surface area contributed by atoms with E-state index in [9.17, 15) is 55.1 Å². The Morgan fingerprint density at radius 2 is 1.18 bits per heavy atom. The zero-order valence-electron chi connectivity index (χ0n) is 38.3. The molecule has 8 rings (SSSR count). The van der Waals surface area contributed by atoms with Crippen molar-refractivity contribution < 1.29 is 35.9 Å². The number of hydrogen-bond donors (Lipinski definition) is 2. The van der Waals surface area contributed by atoms with Gasteiger partial charge < -0.3 is 15.2 Å². The molecule has 2 amide bonds. The fourth-order valence-corrected chi connectivity index (χ4v) is 6.86. The summed E-state index contributed by atoms with van der Waals surface area (Å²) in [6.07, 6.45) is 0.370. The lowest BCUT2D eigenvalue weighted by Gasteiger charge is -2.16. The molecule has 0 aromatic carbocycles. The molecular formula is C45H36ClF6N15O6. The molecular weight excluding hydrogens is 996 g/mol. The number of pyridine rings is 2. The second-order valence-corrected chi connectivity index (χ2v) is 16.0. The van der Waals surface area contributed by atoms with Gasteiger partial charge in [0.15, 0.2) is 0 Å². The maximum atomic E-state index is 13.0. The predicted molar refractivity (Wildman–Crippen MR) is 251 cm³/mol. The van der Waals surface area contributed by atoms with E-state index in [0.717, 1.165) is 33.9 Å². The van der Waals surface area contributed by atoms with Crippen LogP contribution in [0.3, 0.4) is 0 Å². The number of aromatic nitrogens is 11. The van der Waals surface area contributed by atoms with Crippen molar-refractivity contribution in [2.24, 2.45) is 14.1 Å². The zero-order chi connectivity index (χ0) is 53.5. The highest BCUT2D eigenvalue weighted by Gasteiger charge is 2.35. The van der Waals surface area contributed by atoms with Gasteiger partial charge in [0.05, 0.1) is 22.6 Å². The number of amides is 2. The number of carbonyl (C=O) groups excluding carboxylic acids is 2. The van der Waals surface area contributed by atoms with E-state index in [4.69, 9.17) is 24.7 Å². The van der Waals surface area contributed by atoms with Crippen LogP contribution < -0.4 is 33.1 Å². The van der Waals surface area contributed by atoms with E-state index in [-0.39, 0.29) is 40.6 Å². The van der Waals surface area contributed by atoms with Crippen molar-refractivity contribution in [3.63, 3.8) is 0 Å². The first kappa shape index (κ1) is 53.2. The quantitative estimate of drug-likeness (QED) is 0.103. The Bertz CT molecular complexity index is 3610. The van der Waals surface area contributed by atoms with Gasteiger partial charge in [-0.05, 0) is 56.7 Å². The Hall–Kier alpha value is -9.11. The number of fused-ring (bicyclic) bond motifs is 2. The minimum atomic E-state index is -4.67. The van der Waals surface area contributed by atoms with E-state index < -0.39 is 70.8 Å². The van der Waals surface area contributed by atoms with Crippen LogP contribution in [0.25, 0.3) is 49.3 Å². The number of nitrogens with one attached hydrogen (secondary N) is 2. The van der Waals surface area contributed by atoms with E-state index in [1.807, 2.05) is 6.08 Å². The van der Waals surface area contributed by atoms with E-state index in [2.05, 4.69) is 50.2 Å². The highest BCUT2D eigenvalue weighted by atomic mass is 35.5. The van der Waals surface area contributed by atoms with Gasteiger partial charge in [0.25, 0.3) is 24.5 Å². The van der Waals surface area contributed by atoms with Crippen LogP contribution in [0, 0.1) is 13.1 Å². The summed E-state index contributed by atoms with van der Waals surface area (Å²) in [5.41, 5.74) is 0.588. The molecule has 73 heavy (non-hydrogen) atoms. The van der Waals surface area contributed by atoms with Gasteiger partial charge >= 0.3 is 23.7 Å². The normalized spacial score (nSPS) is 12.5. The fourth-order valence-electron chi connectivity index (χ4n) is 6.80. The van der Waals surface area contributed by atoms with E-state index in [1.165, 1.54) is 65.1 Å². The second kappa shape index (κ2) is 21.9. The summed E-state index contributed by atoms with van der Waals surface area (Å²) in [6.45, 7) is 16.1. The van der Waals surface area contributed by atoms with Gasteiger partial charge in [-0.2, -0.15) is 35.5 Å². The predicted octanol–water partition coefficient (Wildman–Crippen LogP) is 5.57. The van der Waals surface area contributed by atoms with Crippen molar-refractivity contribution in [1.82, 2.24) is 52.7 Å². The topological polar surface area (TPSA) is 237 Å². The van der Waals surface area contributed by atoms with E-state index >= 15 is 0 Å². The SMILES string of the molecule is CC(Cl)C(=O)Nc1cccc(-c2cnc(C(F)(F)F)nc2)n1.[C-]#[N+]Cn1c(=O)c2c(ccn2C(C)C(=O)Nc2cccc(-c3cnc(C(F)(F)F)nc3)n2)n(C)c1=O.[C-]#[N+]Cn1c(=O)c2c(n(C)c1=O)C=CC2. The van der Waals surface area contributed by atoms with E-state index in [0.29, 0.717) is 34.5 Å². The molecule has 376 valence electrons. The Kier molecular flexibility index (Phi) is 16.0. The van der Waals surface area contributed by atoms with E-state index in [1.54, 1.807) is 31.3 Å². The lowest BCUT2D eigenvalue weighted by atomic mass is 10.2. The molecule has 1 aliphatic carbocycles. The largest absolute Gasteiger partial charge is 0.451 e. The summed E-state index contributed by atoms with van der Waals surface area (Å²) in [6, 6.07) is 9.84. The lowest BCUT2D eigenvalue weighted by molar-refractivity contribution is -0.145. The van der Waals surface area contributed by atoms with Crippen molar-refractivity contribution in [3.8, 4) is 22.5 Å². The van der Waals surface area contributed by atoms with Gasteiger partial charge in [-0.3, -0.25) is 38.0 Å². The molecule has 28 heteroatoms. The van der Waals surface area contributed by atoms with Crippen molar-refractivity contribution in [2.75, 3.05) is 10.6 Å². The highest BCUT2D eigenvalue weighted by molar-refractivity contribution is 6.32. The summed E-state index contributed by atoms with van der Waals surface area (Å²) in [4.78, 5) is 101. The molecule has 2 N–H and O–H groups in total. The molecule has 0 saturated carbocycles. The molecule has 7 heterocycles. The monoisotopic (exact) mass is 1030 g/mol. The highest BCUT2D eigenvalue weighted by Crippen LogP contribution is 2.28. The van der Waals surface area contributed by atoms with Crippen molar-refractivity contribution >= 4 is 52.2 Å². The molecule has 2 unspecified atom stereocenters. The van der Waals surface area contributed by atoms with Crippen molar-refractivity contribution in [1.29, 1.82) is 0 Å². The first-order chi connectivity index (χ1) is 34.5. The van der Waals surface area contributed by atoms with Crippen LogP contribution in [-0.2, 0) is 55.8 Å². The molecule has 0 bridgehead atoms. The third-order valence-electron chi connectivity index (χ3n) is 10.5. The number of anilines is 2. The molecule has 7 aromatic heterocycles. The second-order valence-electron chi connectivity index (χ2n) is 15.3. The summed E-state index contributed by atoms with van der Waals surface area (Å²) in [5.74, 6) is -3.15. The van der Waals surface area contributed by atoms with Crippen molar-refractivity contribution in [3.05, 3.63) is 167 Å². The standard InChI is InChI=1S/C22H17F3N8O3.C13H10ClF3N4O.C10H9N3O2/c1-12(32-8-7-15-17(32)19(35)33(11-26-2)21(36)31(15)3)18(34)30-16-6-4-5-14(29-16)13-9-27-20(28-10-13)22(23,24)25;1-7(14)11(22)21-10-4-2-3-9(20-10)8-5-18-12(19-6-8)13(15,16)17;1-11-6-13-9(14)7-4-3-5-8(7)12(2)10(13)15/h4-10,12H,11H2,1,3H3,(H,29,30,34);2-7H,1H3,(H,20,21,22);3,5H,4,6H2,2H3. The molecule has 0 saturated heterocycles. The maximum absolute atomic E-state index is 13.0. The third kappa shape index (κ3) is 11.9. The summed E-state index contributed by atoms with van der Waals surface area (Å²) >= 11 is 5.63. The Morgan fingerprint density at radius 1 is 0.712 bits per heavy atom. The maximum Gasteiger partial charge on any atom is 0.451 e. The smallest absolute Gasteiger partial charge is 0.330 e. The molecule has 21 nitrogen and oxygen atoms in total. The average Bonchev–Trinajstić information content (AvgIpc) is 4.05. The minimum absolute atomic E-state index is 0.0759. The third-order valence-corrected chi connectivity index (χ3v) is 10.7. The first-order valence-electron chi connectivity index (χ1n) is 20.9. The first-order valence-corrected chi connectivity index (χ1v) is 21.4. The number of carbonyl (C=O) groups is 2. The lowest BCUT2D eigenvalue weighted by Crippen LogP contribution is -2.41. The minimum Gasteiger partial charge on any atom is -0.330 e. The number of halogens is 7. The van der Waals surface area contributed by atoms with Gasteiger partial charge in [-0.25, -0.2) is 52.6 Å². The van der Waals surface area contributed by atoms with Crippen LogP contribution in [0.1, 0.15) is 42.8 Å². The Balaban J connectivity index is 0.000000198. The summed E-state index contributed by atoms with van der Waals surface area (Å²) in [5, 5.41) is 4.36. The number of rotatable bonds is 9. The molecule has 2 atom stereocenters. The van der Waals surface area contributed by atoms with Crippen LogP contribution >= 0.6 is 11.6 Å².